The molecule has 1 atom stereocenters. The fourth-order valence-corrected chi connectivity index (χ4v) is 3.76. The number of hydrogen-bond donors (Lipinski definition) is 1. The molecule has 1 heterocycles. The Labute approximate surface area is 161 Å². The van der Waals surface area contributed by atoms with Gasteiger partial charge in [-0.15, -0.1) is 0 Å². The van der Waals surface area contributed by atoms with Crippen LogP contribution in [0.1, 0.15) is 47.3 Å². The minimum Gasteiger partial charge on any atom is -0.343 e. The number of carbonyl (C=O) groups excluding carboxylic acids is 2. The normalized spacial score (nSPS) is 15.2. The minimum atomic E-state index is -0.425. The predicted molar refractivity (Wildman–Crippen MR) is 107 cm³/mol. The maximum atomic E-state index is 12.8. The van der Waals surface area contributed by atoms with Crippen molar-refractivity contribution in [2.45, 2.75) is 45.8 Å². The van der Waals surface area contributed by atoms with E-state index in [2.05, 4.69) is 40.5 Å². The number of amides is 1. The van der Waals surface area contributed by atoms with Crippen LogP contribution in [0.2, 0.25) is 0 Å². The second-order valence-electron chi connectivity index (χ2n) is 7.74. The van der Waals surface area contributed by atoms with Crippen molar-refractivity contribution in [3.05, 3.63) is 70.8 Å². The number of fused-ring (bicyclic) bond motifs is 1. The molecule has 1 unspecified atom stereocenters. The SMILES string of the molecule is CC(C)CC(C=O)NC(=O)c1cccc2c1CCN(Cc1ccccc1)C2. The van der Waals surface area contributed by atoms with E-state index in [0.29, 0.717) is 17.9 Å². The van der Waals surface area contributed by atoms with Crippen LogP contribution >= 0.6 is 0 Å². The van der Waals surface area contributed by atoms with E-state index in [1.54, 1.807) is 0 Å². The summed E-state index contributed by atoms with van der Waals surface area (Å²) in [7, 11) is 0. The van der Waals surface area contributed by atoms with Gasteiger partial charge < -0.3 is 10.1 Å². The topological polar surface area (TPSA) is 49.4 Å². The summed E-state index contributed by atoms with van der Waals surface area (Å²) in [6.07, 6.45) is 2.35. The summed E-state index contributed by atoms with van der Waals surface area (Å²) >= 11 is 0. The Morgan fingerprint density at radius 2 is 1.93 bits per heavy atom. The molecular weight excluding hydrogens is 336 g/mol. The van der Waals surface area contributed by atoms with Crippen LogP contribution in [0.4, 0.5) is 0 Å². The molecule has 2 aromatic carbocycles. The summed E-state index contributed by atoms with van der Waals surface area (Å²) in [5.41, 5.74) is 4.34. The molecule has 1 N–H and O–H groups in total. The zero-order valence-electron chi connectivity index (χ0n) is 16.2. The number of aldehydes is 1. The Morgan fingerprint density at radius 1 is 1.15 bits per heavy atom. The number of benzene rings is 2. The number of nitrogens with zero attached hydrogens (tertiary/aromatic N) is 1. The maximum absolute atomic E-state index is 12.8. The largest absolute Gasteiger partial charge is 0.343 e. The van der Waals surface area contributed by atoms with Gasteiger partial charge in [0.1, 0.15) is 6.29 Å². The smallest absolute Gasteiger partial charge is 0.252 e. The second-order valence-corrected chi connectivity index (χ2v) is 7.74. The van der Waals surface area contributed by atoms with Gasteiger partial charge in [0, 0.05) is 25.2 Å². The van der Waals surface area contributed by atoms with Gasteiger partial charge in [-0.25, -0.2) is 0 Å². The van der Waals surface area contributed by atoms with Crippen LogP contribution in [-0.4, -0.2) is 29.7 Å². The van der Waals surface area contributed by atoms with Gasteiger partial charge in [-0.05, 0) is 41.5 Å². The molecule has 3 rings (SSSR count). The van der Waals surface area contributed by atoms with Gasteiger partial charge in [-0.2, -0.15) is 0 Å². The monoisotopic (exact) mass is 364 g/mol. The minimum absolute atomic E-state index is 0.138. The number of rotatable bonds is 7. The van der Waals surface area contributed by atoms with Gasteiger partial charge in [-0.1, -0.05) is 56.3 Å². The van der Waals surface area contributed by atoms with Crippen LogP contribution in [0.25, 0.3) is 0 Å². The van der Waals surface area contributed by atoms with Crippen molar-refractivity contribution in [2.24, 2.45) is 5.92 Å². The summed E-state index contributed by atoms with van der Waals surface area (Å²) < 4.78 is 0. The van der Waals surface area contributed by atoms with Crippen molar-refractivity contribution in [1.82, 2.24) is 10.2 Å². The van der Waals surface area contributed by atoms with Crippen molar-refractivity contribution in [1.29, 1.82) is 0 Å². The highest BCUT2D eigenvalue weighted by Gasteiger charge is 2.23. The van der Waals surface area contributed by atoms with E-state index in [0.717, 1.165) is 37.9 Å². The Kier molecular flexibility index (Phi) is 6.40. The predicted octanol–water partition coefficient (Wildman–Crippen LogP) is 3.59. The van der Waals surface area contributed by atoms with Crippen molar-refractivity contribution >= 4 is 12.2 Å². The average Bonchev–Trinajstić information content (AvgIpc) is 2.67. The molecule has 0 spiro atoms. The second kappa shape index (κ2) is 8.96. The lowest BCUT2D eigenvalue weighted by atomic mass is 9.93. The highest BCUT2D eigenvalue weighted by molar-refractivity contribution is 5.97. The first-order valence-corrected chi connectivity index (χ1v) is 9.70. The number of carbonyl (C=O) groups is 2. The summed E-state index contributed by atoms with van der Waals surface area (Å²) in [4.78, 5) is 26.5. The van der Waals surface area contributed by atoms with E-state index in [-0.39, 0.29) is 5.91 Å². The van der Waals surface area contributed by atoms with E-state index in [4.69, 9.17) is 0 Å². The van der Waals surface area contributed by atoms with Crippen molar-refractivity contribution < 1.29 is 9.59 Å². The lowest BCUT2D eigenvalue weighted by molar-refractivity contribution is -0.109. The van der Waals surface area contributed by atoms with Crippen LogP contribution in [0.3, 0.4) is 0 Å². The van der Waals surface area contributed by atoms with Crippen LogP contribution in [-0.2, 0) is 24.3 Å². The summed E-state index contributed by atoms with van der Waals surface area (Å²) in [5, 5.41) is 2.89. The summed E-state index contributed by atoms with van der Waals surface area (Å²) in [6, 6.07) is 16.0. The molecule has 0 saturated carbocycles. The molecule has 2 aromatic rings. The van der Waals surface area contributed by atoms with Crippen LogP contribution in [0.15, 0.2) is 48.5 Å². The molecule has 0 saturated heterocycles. The molecule has 0 fully saturated rings. The van der Waals surface area contributed by atoms with Gasteiger partial charge in [0.2, 0.25) is 0 Å². The summed E-state index contributed by atoms with van der Waals surface area (Å²) in [6.45, 7) is 6.78. The highest BCUT2D eigenvalue weighted by Crippen LogP contribution is 2.24. The molecule has 1 aliphatic rings. The molecule has 1 aliphatic heterocycles. The molecule has 0 aromatic heterocycles. The molecule has 0 radical (unpaired) electrons. The number of nitrogens with one attached hydrogen (secondary N) is 1. The van der Waals surface area contributed by atoms with Crippen molar-refractivity contribution in [3.63, 3.8) is 0 Å². The first kappa shape index (κ1) is 19.3. The molecular formula is C23H28N2O2. The molecule has 4 heteroatoms. The third kappa shape index (κ3) is 5.04. The van der Waals surface area contributed by atoms with Crippen LogP contribution in [0, 0.1) is 5.92 Å². The van der Waals surface area contributed by atoms with Gasteiger partial charge in [0.05, 0.1) is 6.04 Å². The van der Waals surface area contributed by atoms with E-state index >= 15 is 0 Å². The first-order chi connectivity index (χ1) is 13.1. The molecule has 27 heavy (non-hydrogen) atoms. The van der Waals surface area contributed by atoms with Gasteiger partial charge >= 0.3 is 0 Å². The third-order valence-electron chi connectivity index (χ3n) is 5.04. The van der Waals surface area contributed by atoms with Crippen LogP contribution < -0.4 is 5.32 Å². The highest BCUT2D eigenvalue weighted by atomic mass is 16.2. The van der Waals surface area contributed by atoms with E-state index in [1.807, 2.05) is 32.0 Å². The standard InChI is InChI=1S/C23H28N2O2/c1-17(2)13-20(16-26)24-23(27)22-10-6-9-19-15-25(12-11-21(19)22)14-18-7-4-3-5-8-18/h3-10,16-17,20H,11-15H2,1-2H3,(H,24,27). The number of hydrogen-bond acceptors (Lipinski definition) is 3. The fourth-order valence-electron chi connectivity index (χ4n) is 3.76. The molecule has 142 valence electrons. The van der Waals surface area contributed by atoms with E-state index in [1.165, 1.54) is 11.1 Å². The quantitative estimate of drug-likeness (QED) is 0.764. The molecule has 0 bridgehead atoms. The van der Waals surface area contributed by atoms with Crippen molar-refractivity contribution in [2.75, 3.05) is 6.54 Å². The molecule has 0 aliphatic carbocycles. The average molecular weight is 364 g/mol. The lowest BCUT2D eigenvalue weighted by Crippen LogP contribution is -2.38. The zero-order chi connectivity index (χ0) is 19.2. The zero-order valence-corrected chi connectivity index (χ0v) is 16.2. The van der Waals surface area contributed by atoms with Crippen LogP contribution in [0.5, 0.6) is 0 Å². The van der Waals surface area contributed by atoms with Crippen molar-refractivity contribution in [3.8, 4) is 0 Å². The third-order valence-corrected chi connectivity index (χ3v) is 5.04. The Morgan fingerprint density at radius 3 is 2.63 bits per heavy atom. The Balaban J connectivity index is 1.71. The van der Waals surface area contributed by atoms with E-state index < -0.39 is 6.04 Å². The Bertz CT molecular complexity index is 786. The molecule has 1 amide bonds. The Hall–Kier alpha value is -2.46. The van der Waals surface area contributed by atoms with Gasteiger partial charge in [0.15, 0.2) is 0 Å². The summed E-state index contributed by atoms with van der Waals surface area (Å²) in [5.74, 6) is 0.220. The van der Waals surface area contributed by atoms with E-state index in [9.17, 15) is 9.59 Å². The van der Waals surface area contributed by atoms with Gasteiger partial charge in [-0.3, -0.25) is 9.69 Å². The van der Waals surface area contributed by atoms with Gasteiger partial charge in [0.25, 0.3) is 5.91 Å². The fraction of sp³-hybridized carbons (Fsp3) is 0.391. The maximum Gasteiger partial charge on any atom is 0.252 e. The lowest BCUT2D eigenvalue weighted by Gasteiger charge is -2.30. The molecule has 4 nitrogen and oxygen atoms in total. The first-order valence-electron chi connectivity index (χ1n) is 9.70.